The molecule has 6 heteroatoms. The van der Waals surface area contributed by atoms with Crippen LogP contribution in [0.15, 0.2) is 54.6 Å². The molecule has 0 spiro atoms. The Hall–Kier alpha value is -2.05. The number of rotatable bonds is 4. The maximum Gasteiger partial charge on any atom is 0.573 e. The van der Waals surface area contributed by atoms with Gasteiger partial charge in [-0.15, -0.1) is 13.2 Å². The number of alkyl halides is 3. The minimum absolute atomic E-state index is 0.277. The molecule has 0 saturated carbocycles. The van der Waals surface area contributed by atoms with Gasteiger partial charge in [0.1, 0.15) is 5.75 Å². The first kappa shape index (κ1) is 17.8. The van der Waals surface area contributed by atoms with E-state index in [2.05, 4.69) is 21.8 Å². The zero-order chi connectivity index (χ0) is 17.9. The highest BCUT2D eigenvalue weighted by Crippen LogP contribution is 2.34. The van der Waals surface area contributed by atoms with Gasteiger partial charge in [0.25, 0.3) is 0 Å². The summed E-state index contributed by atoms with van der Waals surface area (Å²) in [4.78, 5) is 2.27. The summed E-state index contributed by atoms with van der Waals surface area (Å²) in [5, 5.41) is 10.9. The van der Waals surface area contributed by atoms with Crippen molar-refractivity contribution in [3.05, 3.63) is 65.7 Å². The van der Waals surface area contributed by atoms with Gasteiger partial charge in [0.2, 0.25) is 0 Å². The second-order valence-corrected chi connectivity index (χ2v) is 6.37. The molecule has 0 unspecified atom stereocenters. The van der Waals surface area contributed by atoms with Gasteiger partial charge in [-0.25, -0.2) is 0 Å². The monoisotopic (exact) mass is 351 g/mol. The summed E-state index contributed by atoms with van der Waals surface area (Å²) in [7, 11) is 0. The van der Waals surface area contributed by atoms with Crippen LogP contribution in [0.2, 0.25) is 0 Å². The molecule has 25 heavy (non-hydrogen) atoms. The van der Waals surface area contributed by atoms with Gasteiger partial charge in [-0.05, 0) is 36.1 Å². The van der Waals surface area contributed by atoms with Gasteiger partial charge in [-0.2, -0.15) is 0 Å². The molecule has 0 aromatic heterocycles. The number of nitrogens with zero attached hydrogens (tertiary/aromatic N) is 1. The first-order valence-electron chi connectivity index (χ1n) is 8.19. The van der Waals surface area contributed by atoms with Gasteiger partial charge in [-0.1, -0.05) is 42.5 Å². The molecule has 1 N–H and O–H groups in total. The molecule has 1 aliphatic heterocycles. The summed E-state index contributed by atoms with van der Waals surface area (Å²) in [6.45, 7) is 2.29. The molecule has 1 heterocycles. The lowest BCUT2D eigenvalue weighted by molar-refractivity contribution is -0.274. The molecule has 0 amide bonds. The van der Waals surface area contributed by atoms with E-state index in [1.165, 1.54) is 29.8 Å². The lowest BCUT2D eigenvalue weighted by Crippen LogP contribution is -2.42. The SMILES string of the molecule is OC1(c2ccc(OC(F)(F)F)cc2)CCN(Cc2ccccc2)CC1. The molecular weight excluding hydrogens is 331 g/mol. The summed E-state index contributed by atoms with van der Waals surface area (Å²) in [6.07, 6.45) is -3.63. The molecule has 1 fully saturated rings. The molecule has 1 saturated heterocycles. The number of halogens is 3. The lowest BCUT2D eigenvalue weighted by atomic mass is 9.84. The van der Waals surface area contributed by atoms with E-state index in [4.69, 9.17) is 0 Å². The Morgan fingerprint density at radius 1 is 0.960 bits per heavy atom. The average molecular weight is 351 g/mol. The van der Waals surface area contributed by atoms with Gasteiger partial charge in [0.15, 0.2) is 0 Å². The quantitative estimate of drug-likeness (QED) is 0.901. The average Bonchev–Trinajstić information content (AvgIpc) is 2.57. The van der Waals surface area contributed by atoms with E-state index in [0.717, 1.165) is 19.6 Å². The van der Waals surface area contributed by atoms with E-state index in [9.17, 15) is 18.3 Å². The van der Waals surface area contributed by atoms with Crippen molar-refractivity contribution in [2.75, 3.05) is 13.1 Å². The molecule has 0 bridgehead atoms. The fourth-order valence-electron chi connectivity index (χ4n) is 3.18. The van der Waals surface area contributed by atoms with Gasteiger partial charge in [0.05, 0.1) is 5.60 Å². The standard InChI is InChI=1S/C19H20F3NO2/c20-19(21,22)25-17-8-6-16(7-9-17)18(24)10-12-23(13-11-18)14-15-4-2-1-3-5-15/h1-9,24H,10-14H2. The normalized spacial score (nSPS) is 18.1. The number of piperidine rings is 1. The van der Waals surface area contributed by atoms with Crippen molar-refractivity contribution in [1.82, 2.24) is 4.90 Å². The van der Waals surface area contributed by atoms with E-state index in [1.54, 1.807) is 0 Å². The van der Waals surface area contributed by atoms with Crippen molar-refractivity contribution in [3.8, 4) is 5.75 Å². The van der Waals surface area contributed by atoms with Crippen molar-refractivity contribution in [2.24, 2.45) is 0 Å². The zero-order valence-corrected chi connectivity index (χ0v) is 13.7. The van der Waals surface area contributed by atoms with Gasteiger partial charge >= 0.3 is 6.36 Å². The van der Waals surface area contributed by atoms with E-state index < -0.39 is 12.0 Å². The second-order valence-electron chi connectivity index (χ2n) is 6.37. The van der Waals surface area contributed by atoms with Crippen molar-refractivity contribution in [2.45, 2.75) is 31.3 Å². The number of aliphatic hydroxyl groups is 1. The van der Waals surface area contributed by atoms with Gasteiger partial charge in [-0.3, -0.25) is 4.90 Å². The van der Waals surface area contributed by atoms with Gasteiger partial charge in [0, 0.05) is 19.6 Å². The number of ether oxygens (including phenoxy) is 1. The lowest BCUT2D eigenvalue weighted by Gasteiger charge is -2.38. The fourth-order valence-corrected chi connectivity index (χ4v) is 3.18. The molecule has 2 aromatic carbocycles. The predicted octanol–water partition coefficient (Wildman–Crippen LogP) is 4.07. The molecule has 134 valence electrons. The first-order valence-corrected chi connectivity index (χ1v) is 8.19. The van der Waals surface area contributed by atoms with E-state index in [0.29, 0.717) is 18.4 Å². The van der Waals surface area contributed by atoms with E-state index in [1.807, 2.05) is 18.2 Å². The van der Waals surface area contributed by atoms with Crippen LogP contribution in [-0.2, 0) is 12.1 Å². The molecule has 3 rings (SSSR count). The molecule has 0 atom stereocenters. The molecule has 2 aromatic rings. The van der Waals surface area contributed by atoms with Crippen molar-refractivity contribution in [3.63, 3.8) is 0 Å². The van der Waals surface area contributed by atoms with Crippen LogP contribution in [0.25, 0.3) is 0 Å². The van der Waals surface area contributed by atoms with Crippen molar-refractivity contribution in [1.29, 1.82) is 0 Å². The maximum atomic E-state index is 12.2. The Labute approximate surface area is 144 Å². The smallest absolute Gasteiger partial charge is 0.406 e. The van der Waals surface area contributed by atoms with E-state index >= 15 is 0 Å². The van der Waals surface area contributed by atoms with Gasteiger partial charge < -0.3 is 9.84 Å². The van der Waals surface area contributed by atoms with E-state index in [-0.39, 0.29) is 5.75 Å². The van der Waals surface area contributed by atoms with Crippen LogP contribution in [0.1, 0.15) is 24.0 Å². The molecule has 0 aliphatic carbocycles. The highest BCUT2D eigenvalue weighted by molar-refractivity contribution is 5.31. The maximum absolute atomic E-state index is 12.2. The highest BCUT2D eigenvalue weighted by atomic mass is 19.4. The molecule has 0 radical (unpaired) electrons. The van der Waals surface area contributed by atoms with Crippen LogP contribution in [0.3, 0.4) is 0 Å². The number of benzene rings is 2. The minimum Gasteiger partial charge on any atom is -0.406 e. The van der Waals surface area contributed by atoms with Crippen LogP contribution < -0.4 is 4.74 Å². The van der Waals surface area contributed by atoms with Crippen LogP contribution in [0.4, 0.5) is 13.2 Å². The van der Waals surface area contributed by atoms with Crippen molar-refractivity contribution < 1.29 is 23.0 Å². The summed E-state index contributed by atoms with van der Waals surface area (Å²) < 4.78 is 40.5. The minimum atomic E-state index is -4.71. The topological polar surface area (TPSA) is 32.7 Å². The fraction of sp³-hybridized carbons (Fsp3) is 0.368. The van der Waals surface area contributed by atoms with Crippen molar-refractivity contribution >= 4 is 0 Å². The molecule has 1 aliphatic rings. The van der Waals surface area contributed by atoms with Crippen LogP contribution >= 0.6 is 0 Å². The summed E-state index contributed by atoms with van der Waals surface area (Å²) in [6, 6.07) is 15.6. The number of likely N-dealkylation sites (tertiary alicyclic amines) is 1. The van der Waals surface area contributed by atoms with Crippen LogP contribution in [-0.4, -0.2) is 29.5 Å². The Balaban J connectivity index is 1.60. The Kier molecular flexibility index (Phi) is 5.01. The van der Waals surface area contributed by atoms with Crippen LogP contribution in [0.5, 0.6) is 5.75 Å². The second kappa shape index (κ2) is 7.06. The Bertz CT molecular complexity index is 678. The molecule has 3 nitrogen and oxygen atoms in total. The number of hydrogen-bond acceptors (Lipinski definition) is 3. The highest BCUT2D eigenvalue weighted by Gasteiger charge is 2.35. The third kappa shape index (κ3) is 4.74. The summed E-state index contributed by atoms with van der Waals surface area (Å²) >= 11 is 0. The Morgan fingerprint density at radius 2 is 1.56 bits per heavy atom. The Morgan fingerprint density at radius 3 is 2.12 bits per heavy atom. The van der Waals surface area contributed by atoms with Crippen LogP contribution in [0, 0.1) is 0 Å². The third-order valence-corrected chi connectivity index (χ3v) is 4.56. The third-order valence-electron chi connectivity index (χ3n) is 4.56. The number of hydrogen-bond donors (Lipinski definition) is 1. The zero-order valence-electron chi connectivity index (χ0n) is 13.7. The summed E-state index contributed by atoms with van der Waals surface area (Å²) in [5.74, 6) is -0.277. The predicted molar refractivity (Wildman–Crippen MR) is 88.0 cm³/mol. The molecular formula is C19H20F3NO2. The largest absolute Gasteiger partial charge is 0.573 e. The first-order chi connectivity index (χ1) is 11.8. The summed E-state index contributed by atoms with van der Waals surface area (Å²) in [5.41, 5.74) is 0.840.